The summed E-state index contributed by atoms with van der Waals surface area (Å²) in [6.07, 6.45) is 0. The first kappa shape index (κ1) is 24.2. The summed E-state index contributed by atoms with van der Waals surface area (Å²) >= 11 is 0. The lowest BCUT2D eigenvalue weighted by Crippen LogP contribution is -1.94. The zero-order valence-corrected chi connectivity index (χ0v) is 29.0. The second-order valence-corrected chi connectivity index (χ2v) is 13.6. The van der Waals surface area contributed by atoms with Crippen LogP contribution in [0.5, 0.6) is 0 Å². The van der Waals surface area contributed by atoms with E-state index in [2.05, 4.69) is 71.3 Å². The number of para-hydroxylation sites is 2. The topological polar surface area (TPSA) is 9.86 Å². The molecule has 0 aliphatic carbocycles. The van der Waals surface area contributed by atoms with Gasteiger partial charge < -0.3 is 9.13 Å². The van der Waals surface area contributed by atoms with Crippen LogP contribution < -0.4 is 0 Å². The molecule has 54 heavy (non-hydrogen) atoms. The summed E-state index contributed by atoms with van der Waals surface area (Å²) in [5.41, 5.74) is 8.70. The number of fused-ring (bicyclic) bond motifs is 7. The molecule has 2 aromatic heterocycles. The van der Waals surface area contributed by atoms with Crippen LogP contribution in [0, 0.1) is 0 Å². The van der Waals surface area contributed by atoms with Crippen LogP contribution in [0.25, 0.3) is 99.1 Å². The Hall–Kier alpha value is -7.16. The second-order valence-electron chi connectivity index (χ2n) is 13.6. The summed E-state index contributed by atoms with van der Waals surface area (Å²) in [5.74, 6) is 0. The SMILES string of the molecule is [2H]c1c([2H])c([2H])c2c(c1[2H])c1c([2H])c(-c3ccc4c(c3)c3c(-c5ccccc5)cccc3n4-c3ccccc3)c([2H])c([2H])c1n2-c1ccc(-c2cccc3ccccc23)cc1. The Morgan fingerprint density at radius 1 is 0.352 bits per heavy atom. The first-order valence-corrected chi connectivity index (χ1v) is 18.0. The van der Waals surface area contributed by atoms with Gasteiger partial charge in [-0.1, -0.05) is 145 Å². The molecule has 2 heterocycles. The van der Waals surface area contributed by atoms with Gasteiger partial charge in [0.05, 0.1) is 31.7 Å². The summed E-state index contributed by atoms with van der Waals surface area (Å²) in [6, 6.07) is 52.7. The third-order valence-electron chi connectivity index (χ3n) is 10.6. The molecule has 0 saturated carbocycles. The molecule has 0 aliphatic rings. The molecule has 0 bridgehead atoms. The van der Waals surface area contributed by atoms with Crippen LogP contribution >= 0.6 is 0 Å². The van der Waals surface area contributed by atoms with Crippen LogP contribution in [0.2, 0.25) is 0 Å². The largest absolute Gasteiger partial charge is 0.309 e. The normalized spacial score (nSPS) is 13.5. The van der Waals surface area contributed by atoms with Crippen LogP contribution in [-0.4, -0.2) is 9.13 Å². The van der Waals surface area contributed by atoms with Gasteiger partial charge in [0, 0.05) is 32.9 Å². The van der Waals surface area contributed by atoms with Crippen molar-refractivity contribution in [3.05, 3.63) is 206 Å². The molecule has 0 atom stereocenters. The van der Waals surface area contributed by atoms with E-state index in [4.69, 9.17) is 2.74 Å². The summed E-state index contributed by atoms with van der Waals surface area (Å²) in [6.45, 7) is 0. The molecule has 2 nitrogen and oxygen atoms in total. The third kappa shape index (κ3) is 4.74. The van der Waals surface area contributed by atoms with E-state index in [0.29, 0.717) is 11.3 Å². The number of nitrogens with zero attached hydrogens (tertiary/aromatic N) is 2. The lowest BCUT2D eigenvalue weighted by atomic mass is 9.97. The average molecular weight is 694 g/mol. The Balaban J connectivity index is 1.19. The van der Waals surface area contributed by atoms with E-state index in [1.54, 1.807) is 4.57 Å². The van der Waals surface area contributed by atoms with E-state index in [1.807, 2.05) is 97.1 Å². The fourth-order valence-corrected chi connectivity index (χ4v) is 8.12. The molecule has 2 heteroatoms. The van der Waals surface area contributed by atoms with E-state index in [1.165, 1.54) is 0 Å². The highest BCUT2D eigenvalue weighted by atomic mass is 15.0. The fourth-order valence-electron chi connectivity index (χ4n) is 8.12. The highest BCUT2D eigenvalue weighted by Crippen LogP contribution is 2.41. The van der Waals surface area contributed by atoms with Crippen molar-refractivity contribution in [3.63, 3.8) is 0 Å². The zero-order valence-electron chi connectivity index (χ0n) is 36.0. The lowest BCUT2D eigenvalue weighted by molar-refractivity contribution is 1.18. The maximum atomic E-state index is 9.90. The highest BCUT2D eigenvalue weighted by molar-refractivity contribution is 6.17. The monoisotopic (exact) mass is 693 g/mol. The van der Waals surface area contributed by atoms with Gasteiger partial charge in [0.1, 0.15) is 0 Å². The van der Waals surface area contributed by atoms with Crippen molar-refractivity contribution in [2.45, 2.75) is 0 Å². The van der Waals surface area contributed by atoms with Gasteiger partial charge in [-0.15, -0.1) is 0 Å². The van der Waals surface area contributed by atoms with E-state index < -0.39 is 12.1 Å². The van der Waals surface area contributed by atoms with Gasteiger partial charge in [-0.05, 0) is 105 Å². The standard InChI is InChI=1S/C52H34N2/c1-3-13-36(14-4-1)44-22-12-24-51-52(44)47-34-39(28-32-50(47)54(51)40-17-5-2-6-18-40)38-27-31-49-46(33-38)45-20-9-10-23-48(45)53(49)41-29-25-37(26-30-41)43-21-11-16-35-15-7-8-19-42(35)43/h1-34H/i9D,10D,20D,23D,27D,31D,33D. The van der Waals surface area contributed by atoms with Gasteiger partial charge in [-0.3, -0.25) is 0 Å². The fraction of sp³-hybridized carbons (Fsp3) is 0. The first-order chi connectivity index (χ1) is 29.7. The van der Waals surface area contributed by atoms with Crippen LogP contribution in [0.4, 0.5) is 0 Å². The maximum Gasteiger partial charge on any atom is 0.0645 e. The molecule has 0 N–H and O–H groups in total. The van der Waals surface area contributed by atoms with Crippen molar-refractivity contribution in [2.75, 3.05) is 0 Å². The summed E-state index contributed by atoms with van der Waals surface area (Å²) in [4.78, 5) is 0. The van der Waals surface area contributed by atoms with E-state index in [9.17, 15) is 6.85 Å². The number of rotatable bonds is 5. The molecule has 0 saturated heterocycles. The van der Waals surface area contributed by atoms with Crippen molar-refractivity contribution in [2.24, 2.45) is 0 Å². The van der Waals surface area contributed by atoms with Gasteiger partial charge in [0.15, 0.2) is 0 Å². The van der Waals surface area contributed by atoms with Gasteiger partial charge >= 0.3 is 0 Å². The number of hydrogen-bond donors (Lipinski definition) is 0. The predicted octanol–water partition coefficient (Wildman–Crippen LogP) is 14.0. The van der Waals surface area contributed by atoms with Gasteiger partial charge in [0.25, 0.3) is 0 Å². The van der Waals surface area contributed by atoms with Crippen LogP contribution in [-0.2, 0) is 0 Å². The van der Waals surface area contributed by atoms with Crippen LogP contribution in [0.15, 0.2) is 206 Å². The predicted molar refractivity (Wildman–Crippen MR) is 229 cm³/mol. The van der Waals surface area contributed by atoms with Crippen molar-refractivity contribution < 1.29 is 9.60 Å². The Labute approximate surface area is 323 Å². The molecular formula is C52H34N2. The first-order valence-electron chi connectivity index (χ1n) is 21.5. The van der Waals surface area contributed by atoms with Gasteiger partial charge in [-0.25, -0.2) is 0 Å². The Bertz CT molecular complexity index is 3590. The van der Waals surface area contributed by atoms with Crippen molar-refractivity contribution in [1.29, 1.82) is 0 Å². The lowest BCUT2D eigenvalue weighted by Gasteiger charge is -2.11. The maximum absolute atomic E-state index is 9.90. The molecule has 0 fully saturated rings. The minimum absolute atomic E-state index is 0.0772. The smallest absolute Gasteiger partial charge is 0.0645 e. The van der Waals surface area contributed by atoms with Crippen LogP contribution in [0.3, 0.4) is 0 Å². The summed E-state index contributed by atoms with van der Waals surface area (Å²) in [7, 11) is 0. The zero-order chi connectivity index (χ0) is 41.7. The Morgan fingerprint density at radius 3 is 1.87 bits per heavy atom. The molecule has 0 aliphatic heterocycles. The number of benzene rings is 9. The second kappa shape index (κ2) is 12.2. The van der Waals surface area contributed by atoms with Gasteiger partial charge in [0.2, 0.25) is 0 Å². The third-order valence-corrected chi connectivity index (χ3v) is 10.6. The van der Waals surface area contributed by atoms with E-state index in [0.717, 1.165) is 60.5 Å². The molecule has 11 rings (SSSR count). The molecule has 9 aromatic carbocycles. The summed E-state index contributed by atoms with van der Waals surface area (Å²) < 4.78 is 68.8. The molecular weight excluding hydrogens is 653 g/mol. The van der Waals surface area contributed by atoms with E-state index in [-0.39, 0.29) is 57.6 Å². The van der Waals surface area contributed by atoms with Crippen molar-refractivity contribution in [3.8, 4) is 44.8 Å². The minimum Gasteiger partial charge on any atom is -0.309 e. The molecule has 11 aromatic rings. The molecule has 0 radical (unpaired) electrons. The van der Waals surface area contributed by atoms with Gasteiger partial charge in [-0.2, -0.15) is 0 Å². The molecule has 0 spiro atoms. The average Bonchev–Trinajstić information content (AvgIpc) is 3.84. The molecule has 0 unspecified atom stereocenters. The minimum atomic E-state index is -0.422. The van der Waals surface area contributed by atoms with Crippen molar-refractivity contribution in [1.82, 2.24) is 9.13 Å². The quantitative estimate of drug-likeness (QED) is 0.170. The summed E-state index contributed by atoms with van der Waals surface area (Å²) in [5, 5.41) is 4.48. The number of aromatic nitrogens is 2. The number of hydrogen-bond acceptors (Lipinski definition) is 0. The molecule has 252 valence electrons. The Kier molecular flexibility index (Phi) is 5.47. The van der Waals surface area contributed by atoms with Crippen molar-refractivity contribution >= 4 is 54.4 Å². The van der Waals surface area contributed by atoms with Crippen LogP contribution in [0.1, 0.15) is 9.60 Å². The Morgan fingerprint density at radius 2 is 1.00 bits per heavy atom. The molecule has 0 amide bonds. The van der Waals surface area contributed by atoms with E-state index >= 15 is 0 Å². The highest BCUT2D eigenvalue weighted by Gasteiger charge is 2.18.